The van der Waals surface area contributed by atoms with Crippen LogP contribution in [-0.4, -0.2) is 12.1 Å². The summed E-state index contributed by atoms with van der Waals surface area (Å²) in [5.41, 5.74) is 11.3. The number of allylic oxidation sites excluding steroid dienone is 2. The van der Waals surface area contributed by atoms with Crippen LogP contribution in [0.4, 0.5) is 0 Å². The number of ether oxygens (including phenoxy) is 1. The summed E-state index contributed by atoms with van der Waals surface area (Å²) in [4.78, 5) is 4.59. The topological polar surface area (TPSA) is 48.1 Å². The molecule has 19 heavy (non-hydrogen) atoms. The van der Waals surface area contributed by atoms with Gasteiger partial charge in [-0.3, -0.25) is 0 Å². The predicted molar refractivity (Wildman–Crippen MR) is 76.0 cm³/mol. The maximum Gasteiger partial charge on any atom is 0.213 e. The Morgan fingerprint density at radius 1 is 1.47 bits per heavy atom. The Morgan fingerprint density at radius 2 is 2.26 bits per heavy atom. The summed E-state index contributed by atoms with van der Waals surface area (Å²) in [5.74, 6) is 1.06. The molecule has 2 atom stereocenters. The summed E-state index contributed by atoms with van der Waals surface area (Å²) in [5, 5.41) is 0. The summed E-state index contributed by atoms with van der Waals surface area (Å²) in [7, 11) is 1.65. The van der Waals surface area contributed by atoms with E-state index < -0.39 is 0 Å². The van der Waals surface area contributed by atoms with E-state index in [-0.39, 0.29) is 5.54 Å². The normalized spacial score (nSPS) is 30.8. The monoisotopic (exact) mass is 256 g/mol. The second-order valence-electron chi connectivity index (χ2n) is 5.56. The van der Waals surface area contributed by atoms with Crippen LogP contribution in [0.3, 0.4) is 0 Å². The molecule has 2 aliphatic rings. The van der Waals surface area contributed by atoms with E-state index in [1.807, 2.05) is 6.07 Å². The van der Waals surface area contributed by atoms with Crippen molar-refractivity contribution in [3.8, 4) is 5.88 Å². The van der Waals surface area contributed by atoms with Crippen LogP contribution in [0, 0.1) is 5.92 Å². The number of fused-ring (bicyclic) bond motifs is 4. The third kappa shape index (κ3) is 1.72. The lowest BCUT2D eigenvalue weighted by Crippen LogP contribution is -2.47. The molecule has 3 rings (SSSR count). The van der Waals surface area contributed by atoms with E-state index in [1.54, 1.807) is 7.11 Å². The average Bonchev–Trinajstić information content (AvgIpc) is 2.37. The van der Waals surface area contributed by atoms with Gasteiger partial charge < -0.3 is 10.5 Å². The smallest absolute Gasteiger partial charge is 0.213 e. The highest BCUT2D eigenvalue weighted by atomic mass is 16.5. The lowest BCUT2D eigenvalue weighted by Gasteiger charge is -2.45. The van der Waals surface area contributed by atoms with Gasteiger partial charge in [-0.25, -0.2) is 4.98 Å². The van der Waals surface area contributed by atoms with Crippen molar-refractivity contribution in [3.05, 3.63) is 46.7 Å². The number of aromatic nitrogens is 1. The number of nitrogens with two attached hydrogens (primary N) is 1. The van der Waals surface area contributed by atoms with Gasteiger partial charge in [0.2, 0.25) is 5.88 Å². The molecule has 1 unspecified atom stereocenters. The molecule has 3 nitrogen and oxygen atoms in total. The van der Waals surface area contributed by atoms with E-state index in [0.717, 1.165) is 24.1 Å². The molecule has 2 N–H and O–H groups in total. The summed E-state index contributed by atoms with van der Waals surface area (Å²) in [6, 6.07) is 3.99. The Hall–Kier alpha value is -1.61. The van der Waals surface area contributed by atoms with Gasteiger partial charge in [-0.15, -0.1) is 0 Å². The zero-order valence-corrected chi connectivity index (χ0v) is 11.7. The molecule has 1 aromatic heterocycles. The number of methoxy groups -OCH3 is 1. The Labute approximate surface area is 114 Å². The quantitative estimate of drug-likeness (QED) is 0.786. The molecule has 0 radical (unpaired) electrons. The summed E-state index contributed by atoms with van der Waals surface area (Å²) in [6.07, 6.45) is 6.32. The molecule has 0 saturated carbocycles. The maximum absolute atomic E-state index is 6.76. The molecule has 1 aromatic rings. The molecule has 2 bridgehead atoms. The molecular formula is C16H20N2O. The minimum atomic E-state index is -0.384. The minimum Gasteiger partial charge on any atom is -0.481 e. The zero-order valence-electron chi connectivity index (χ0n) is 11.7. The molecule has 0 aromatic carbocycles. The fourth-order valence-corrected chi connectivity index (χ4v) is 3.62. The number of rotatable bonds is 1. The fourth-order valence-electron chi connectivity index (χ4n) is 3.62. The van der Waals surface area contributed by atoms with Crippen molar-refractivity contribution in [3.63, 3.8) is 0 Å². The van der Waals surface area contributed by atoms with Crippen LogP contribution in [0.5, 0.6) is 5.88 Å². The van der Waals surface area contributed by atoms with Gasteiger partial charge in [0.25, 0.3) is 0 Å². The first kappa shape index (κ1) is 12.4. The average molecular weight is 256 g/mol. The SMILES string of the molecule is CC=C1C2C=C(C)C[C@]1(N)c1ccc(OC)nc1C2. The Kier molecular flexibility index (Phi) is 2.75. The number of hydrogen-bond donors (Lipinski definition) is 1. The van der Waals surface area contributed by atoms with Crippen molar-refractivity contribution in [2.24, 2.45) is 11.7 Å². The third-order valence-corrected chi connectivity index (χ3v) is 4.32. The largest absolute Gasteiger partial charge is 0.481 e. The molecular weight excluding hydrogens is 236 g/mol. The number of hydrogen-bond acceptors (Lipinski definition) is 3. The van der Waals surface area contributed by atoms with Crippen molar-refractivity contribution < 1.29 is 4.74 Å². The van der Waals surface area contributed by atoms with Gasteiger partial charge in [0.15, 0.2) is 0 Å². The van der Waals surface area contributed by atoms with Crippen LogP contribution in [0.2, 0.25) is 0 Å². The summed E-state index contributed by atoms with van der Waals surface area (Å²) < 4.78 is 5.23. The van der Waals surface area contributed by atoms with Crippen molar-refractivity contribution in [2.45, 2.75) is 32.2 Å². The van der Waals surface area contributed by atoms with E-state index in [4.69, 9.17) is 10.5 Å². The first-order valence-electron chi connectivity index (χ1n) is 6.75. The van der Waals surface area contributed by atoms with Crippen molar-refractivity contribution in [1.82, 2.24) is 4.98 Å². The van der Waals surface area contributed by atoms with Gasteiger partial charge in [0.05, 0.1) is 18.3 Å². The Balaban J connectivity index is 2.20. The molecule has 3 heteroatoms. The van der Waals surface area contributed by atoms with Crippen LogP contribution in [-0.2, 0) is 12.0 Å². The molecule has 100 valence electrons. The second kappa shape index (κ2) is 4.20. The van der Waals surface area contributed by atoms with E-state index >= 15 is 0 Å². The first-order valence-corrected chi connectivity index (χ1v) is 6.75. The van der Waals surface area contributed by atoms with Gasteiger partial charge in [-0.1, -0.05) is 17.7 Å². The molecule has 2 aliphatic carbocycles. The highest BCUT2D eigenvalue weighted by Crippen LogP contribution is 2.48. The van der Waals surface area contributed by atoms with Crippen LogP contribution < -0.4 is 10.5 Å². The van der Waals surface area contributed by atoms with E-state index in [9.17, 15) is 0 Å². The standard InChI is InChI=1S/C16H20N2O/c1-4-12-11-7-10(2)9-16(12,17)13-5-6-15(19-3)18-14(13)8-11/h4-7,11H,8-9,17H2,1-3H3/t11?,16-/m1/s1. The number of nitrogens with zero attached hydrogens (tertiary/aromatic N) is 1. The highest BCUT2D eigenvalue weighted by molar-refractivity contribution is 5.49. The number of pyridine rings is 1. The molecule has 0 aliphatic heterocycles. The summed E-state index contributed by atoms with van der Waals surface area (Å²) in [6.45, 7) is 4.25. The van der Waals surface area contributed by atoms with Gasteiger partial charge in [0.1, 0.15) is 0 Å². The lowest BCUT2D eigenvalue weighted by molar-refractivity contribution is 0.380. The van der Waals surface area contributed by atoms with Gasteiger partial charge in [-0.2, -0.15) is 0 Å². The lowest BCUT2D eigenvalue weighted by atomic mass is 9.63. The maximum atomic E-state index is 6.76. The van der Waals surface area contributed by atoms with E-state index in [2.05, 4.69) is 37.0 Å². The zero-order chi connectivity index (χ0) is 13.6. The van der Waals surface area contributed by atoms with Crippen molar-refractivity contribution in [2.75, 3.05) is 7.11 Å². The van der Waals surface area contributed by atoms with Crippen molar-refractivity contribution >= 4 is 0 Å². The van der Waals surface area contributed by atoms with Crippen LogP contribution in [0.1, 0.15) is 31.5 Å². The van der Waals surface area contributed by atoms with Crippen molar-refractivity contribution in [1.29, 1.82) is 0 Å². The Morgan fingerprint density at radius 3 is 2.95 bits per heavy atom. The van der Waals surface area contributed by atoms with Gasteiger partial charge >= 0.3 is 0 Å². The molecule has 0 fully saturated rings. The predicted octanol–water partition coefficient (Wildman–Crippen LogP) is 2.71. The van der Waals surface area contributed by atoms with Crippen LogP contribution >= 0.6 is 0 Å². The molecule has 0 saturated heterocycles. The van der Waals surface area contributed by atoms with E-state index in [1.165, 1.54) is 11.1 Å². The summed E-state index contributed by atoms with van der Waals surface area (Å²) >= 11 is 0. The fraction of sp³-hybridized carbons (Fsp3) is 0.438. The molecule has 0 spiro atoms. The van der Waals surface area contributed by atoms with Gasteiger partial charge in [-0.05, 0) is 37.5 Å². The highest BCUT2D eigenvalue weighted by Gasteiger charge is 2.44. The first-order chi connectivity index (χ1) is 9.08. The van der Waals surface area contributed by atoms with Crippen LogP contribution in [0.15, 0.2) is 35.4 Å². The molecule has 1 heterocycles. The van der Waals surface area contributed by atoms with Gasteiger partial charge in [0, 0.05) is 18.4 Å². The van der Waals surface area contributed by atoms with E-state index in [0.29, 0.717) is 11.8 Å². The second-order valence-corrected chi connectivity index (χ2v) is 5.56. The minimum absolute atomic E-state index is 0.384. The van der Waals surface area contributed by atoms with Crippen LogP contribution in [0.25, 0.3) is 0 Å². The Bertz CT molecular complexity index is 588. The molecule has 0 amide bonds. The third-order valence-electron chi connectivity index (χ3n) is 4.32.